The number of unbranched alkanes of at least 4 members (excludes halogenated alkanes) is 30. The topological polar surface area (TPSA) is 0 Å². The van der Waals surface area contributed by atoms with E-state index in [1.807, 2.05) is 0 Å². The van der Waals surface area contributed by atoms with Gasteiger partial charge in [-0.2, -0.15) is 0 Å². The van der Waals surface area contributed by atoms with Gasteiger partial charge in [-0.05, 0) is 5.92 Å². The fourth-order valence-electron chi connectivity index (χ4n) is 6.11. The van der Waals surface area contributed by atoms with E-state index >= 15 is 0 Å². The molecule has 1 radical (unpaired) electrons. The summed E-state index contributed by atoms with van der Waals surface area (Å²) in [4.78, 5) is 0. The van der Waals surface area contributed by atoms with Crippen molar-refractivity contribution in [3.05, 3.63) is 6.92 Å². The molecule has 0 aliphatic heterocycles. The zero-order valence-electron chi connectivity index (χ0n) is 27.3. The first-order chi connectivity index (χ1) is 18.8. The lowest BCUT2D eigenvalue weighted by Gasteiger charge is -2.11. The van der Waals surface area contributed by atoms with Gasteiger partial charge in [0.15, 0.2) is 0 Å². The van der Waals surface area contributed by atoms with E-state index in [4.69, 9.17) is 0 Å². The summed E-state index contributed by atoms with van der Waals surface area (Å²) in [5, 5.41) is 0. The third-order valence-corrected chi connectivity index (χ3v) is 8.93. The van der Waals surface area contributed by atoms with Crippen molar-refractivity contribution in [3.8, 4) is 0 Å². The number of hydrogen-bond donors (Lipinski definition) is 0. The Labute approximate surface area is 244 Å². The van der Waals surface area contributed by atoms with Gasteiger partial charge in [0, 0.05) is 0 Å². The van der Waals surface area contributed by atoms with Crippen LogP contribution in [0, 0.1) is 12.8 Å². The van der Waals surface area contributed by atoms with Gasteiger partial charge in [-0.3, -0.25) is 0 Å². The van der Waals surface area contributed by atoms with E-state index in [2.05, 4.69) is 20.8 Å². The van der Waals surface area contributed by atoms with Gasteiger partial charge < -0.3 is 0 Å². The monoisotopic (exact) mass is 534 g/mol. The molecular weight excluding hydrogens is 456 g/mol. The summed E-state index contributed by atoms with van der Waals surface area (Å²) in [5.74, 6) is 0.717. The minimum atomic E-state index is 0.717. The Hall–Kier alpha value is 0. The van der Waals surface area contributed by atoms with E-state index in [1.165, 1.54) is 218 Å². The summed E-state index contributed by atoms with van der Waals surface area (Å²) in [7, 11) is 0. The predicted octanol–water partition coefficient (Wildman–Crippen LogP) is 14.7. The van der Waals surface area contributed by atoms with Crippen LogP contribution in [0.5, 0.6) is 0 Å². The molecule has 0 aromatic carbocycles. The van der Waals surface area contributed by atoms with Crippen molar-refractivity contribution in [2.45, 2.75) is 232 Å². The molecule has 0 aromatic heterocycles. The van der Waals surface area contributed by atoms with E-state index < -0.39 is 0 Å². The van der Waals surface area contributed by atoms with Crippen LogP contribution in [0.15, 0.2) is 0 Å². The second-order valence-corrected chi connectivity index (χ2v) is 13.0. The van der Waals surface area contributed by atoms with Crippen molar-refractivity contribution < 1.29 is 0 Å². The van der Waals surface area contributed by atoms with Crippen LogP contribution >= 0.6 is 0 Å². The lowest BCUT2D eigenvalue weighted by atomic mass is 9.95. The molecule has 229 valence electrons. The van der Waals surface area contributed by atoms with Crippen LogP contribution in [0.3, 0.4) is 0 Å². The molecule has 0 heteroatoms. The molecule has 1 atom stereocenters. The van der Waals surface area contributed by atoms with E-state index in [9.17, 15) is 0 Å². The number of rotatable bonds is 34. The van der Waals surface area contributed by atoms with Crippen molar-refractivity contribution in [1.29, 1.82) is 0 Å². The molecule has 38 heavy (non-hydrogen) atoms. The Bertz CT molecular complexity index is 385. The molecular formula is C38H77. The second-order valence-electron chi connectivity index (χ2n) is 13.0. The highest BCUT2D eigenvalue weighted by Gasteiger charge is 2.02. The maximum atomic E-state index is 4.42. The van der Waals surface area contributed by atoms with Gasteiger partial charge in [-0.25, -0.2) is 0 Å². The van der Waals surface area contributed by atoms with Crippen LogP contribution in [0.25, 0.3) is 0 Å². The molecule has 0 aromatic rings. The first-order valence-corrected chi connectivity index (χ1v) is 18.6. The second kappa shape index (κ2) is 35.0. The van der Waals surface area contributed by atoms with E-state index in [0.29, 0.717) is 0 Å². The molecule has 1 unspecified atom stereocenters. The average Bonchev–Trinajstić information content (AvgIpc) is 2.92. The minimum absolute atomic E-state index is 0.717. The van der Waals surface area contributed by atoms with Gasteiger partial charge in [0.25, 0.3) is 0 Å². The molecule has 0 rings (SSSR count). The molecule has 0 amide bonds. The van der Waals surface area contributed by atoms with Gasteiger partial charge in [-0.15, -0.1) is 0 Å². The van der Waals surface area contributed by atoms with E-state index in [1.54, 1.807) is 0 Å². The van der Waals surface area contributed by atoms with Gasteiger partial charge >= 0.3 is 0 Å². The summed E-state index contributed by atoms with van der Waals surface area (Å²) in [6, 6.07) is 0. The molecule has 0 bridgehead atoms. The first-order valence-electron chi connectivity index (χ1n) is 18.6. The summed E-state index contributed by atoms with van der Waals surface area (Å²) in [5.41, 5.74) is 0. The van der Waals surface area contributed by atoms with Crippen LogP contribution in [0.2, 0.25) is 0 Å². The minimum Gasteiger partial charge on any atom is -0.0654 e. The van der Waals surface area contributed by atoms with Gasteiger partial charge in [-0.1, -0.05) is 239 Å². The zero-order valence-corrected chi connectivity index (χ0v) is 27.3. The average molecular weight is 534 g/mol. The first kappa shape index (κ1) is 38.0. The normalized spacial score (nSPS) is 12.4. The quantitative estimate of drug-likeness (QED) is 0.0721. The maximum Gasteiger partial charge on any atom is -0.0414 e. The SMILES string of the molecule is [CH2]C(CCCCCCCCCC)CCCCCCCCCCCCCCCCCCCCCCCCCC. The lowest BCUT2D eigenvalue weighted by molar-refractivity contribution is 0.459. The van der Waals surface area contributed by atoms with Crippen molar-refractivity contribution in [1.82, 2.24) is 0 Å². The van der Waals surface area contributed by atoms with Crippen LogP contribution in [-0.2, 0) is 0 Å². The summed E-state index contributed by atoms with van der Waals surface area (Å²) in [6.45, 7) is 9.04. The van der Waals surface area contributed by atoms with Gasteiger partial charge in [0.05, 0.1) is 0 Å². The Morgan fingerprint density at radius 1 is 0.263 bits per heavy atom. The molecule has 0 aliphatic rings. The zero-order chi connectivity index (χ0) is 27.6. The maximum absolute atomic E-state index is 4.42. The predicted molar refractivity (Wildman–Crippen MR) is 177 cm³/mol. The van der Waals surface area contributed by atoms with Crippen LogP contribution in [0.4, 0.5) is 0 Å². The van der Waals surface area contributed by atoms with Crippen molar-refractivity contribution >= 4 is 0 Å². The molecule has 0 saturated heterocycles. The Morgan fingerprint density at radius 3 is 0.605 bits per heavy atom. The number of hydrogen-bond acceptors (Lipinski definition) is 0. The molecule has 0 saturated carbocycles. The highest BCUT2D eigenvalue weighted by molar-refractivity contribution is 4.62. The smallest absolute Gasteiger partial charge is 0.0414 e. The van der Waals surface area contributed by atoms with Gasteiger partial charge in [0.2, 0.25) is 0 Å². The highest BCUT2D eigenvalue weighted by Crippen LogP contribution is 2.19. The van der Waals surface area contributed by atoms with E-state index in [0.717, 1.165) is 5.92 Å². The van der Waals surface area contributed by atoms with Crippen LogP contribution in [0.1, 0.15) is 232 Å². The molecule has 0 fully saturated rings. The molecule has 0 spiro atoms. The standard InChI is InChI=1S/C38H77/c1-4-6-8-10-12-14-15-16-17-18-19-20-21-22-23-24-25-26-27-28-29-31-33-35-37-38(3)36-34-32-30-13-11-9-7-5-2/h38H,3-37H2,1-2H3. The molecule has 0 nitrogen and oxygen atoms in total. The van der Waals surface area contributed by atoms with Crippen LogP contribution < -0.4 is 0 Å². The fraction of sp³-hybridized carbons (Fsp3) is 0.974. The Morgan fingerprint density at radius 2 is 0.421 bits per heavy atom. The Balaban J connectivity index is 3.10. The summed E-state index contributed by atoms with van der Waals surface area (Å²) in [6.07, 6.45) is 49.6. The fourth-order valence-corrected chi connectivity index (χ4v) is 6.11. The van der Waals surface area contributed by atoms with Crippen molar-refractivity contribution in [3.63, 3.8) is 0 Å². The largest absolute Gasteiger partial charge is 0.0654 e. The van der Waals surface area contributed by atoms with Crippen molar-refractivity contribution in [2.75, 3.05) is 0 Å². The Kier molecular flexibility index (Phi) is 35.0. The van der Waals surface area contributed by atoms with E-state index in [-0.39, 0.29) is 0 Å². The molecule has 0 heterocycles. The van der Waals surface area contributed by atoms with Gasteiger partial charge in [0.1, 0.15) is 0 Å². The van der Waals surface area contributed by atoms with Crippen LogP contribution in [-0.4, -0.2) is 0 Å². The third-order valence-electron chi connectivity index (χ3n) is 8.93. The summed E-state index contributed by atoms with van der Waals surface area (Å²) < 4.78 is 0. The lowest BCUT2D eigenvalue weighted by Crippen LogP contribution is -1.95. The summed E-state index contributed by atoms with van der Waals surface area (Å²) >= 11 is 0. The highest BCUT2D eigenvalue weighted by atomic mass is 14.1. The van der Waals surface area contributed by atoms with Crippen molar-refractivity contribution in [2.24, 2.45) is 5.92 Å². The third kappa shape index (κ3) is 34.0. The molecule has 0 N–H and O–H groups in total. The molecule has 0 aliphatic carbocycles.